The molecule has 1 aromatic carbocycles. The molecule has 6 heteroatoms. The van der Waals surface area contributed by atoms with Crippen molar-refractivity contribution in [1.29, 1.82) is 0 Å². The van der Waals surface area contributed by atoms with Crippen molar-refractivity contribution in [2.45, 2.75) is 39.9 Å². The molecule has 28 heavy (non-hydrogen) atoms. The summed E-state index contributed by atoms with van der Waals surface area (Å²) in [5.74, 6) is 0.757. The number of carbonyl (C=O) groups excluding carboxylic acids is 1. The second-order valence-electron chi connectivity index (χ2n) is 7.62. The van der Waals surface area contributed by atoms with Crippen LogP contribution < -0.4 is 10.2 Å². The molecule has 0 unspecified atom stereocenters. The molecule has 2 N–H and O–H groups in total. The Balaban J connectivity index is 1.52. The number of hydrogen-bond acceptors (Lipinski definition) is 4. The van der Waals surface area contributed by atoms with Gasteiger partial charge in [0.25, 0.3) is 5.91 Å². The molecule has 1 fully saturated rings. The number of anilines is 2. The predicted molar refractivity (Wildman–Crippen MR) is 112 cm³/mol. The normalized spacial score (nSPS) is 19.8. The summed E-state index contributed by atoms with van der Waals surface area (Å²) in [5.41, 5.74) is 4.43. The van der Waals surface area contributed by atoms with E-state index in [1.807, 2.05) is 37.3 Å². The molecule has 2 aromatic heterocycles. The number of fused-ring (bicyclic) bond motifs is 1. The third kappa shape index (κ3) is 3.47. The van der Waals surface area contributed by atoms with Gasteiger partial charge in [-0.2, -0.15) is 0 Å². The van der Waals surface area contributed by atoms with E-state index in [1.165, 1.54) is 5.56 Å². The van der Waals surface area contributed by atoms with E-state index < -0.39 is 0 Å². The van der Waals surface area contributed by atoms with E-state index >= 15 is 0 Å². The number of nitrogens with one attached hydrogen (secondary N) is 2. The topological polar surface area (TPSA) is 70.2 Å². The number of rotatable bonds is 3. The number of hydrogen-bond donors (Lipinski definition) is 2. The molecule has 0 saturated carbocycles. The van der Waals surface area contributed by atoms with E-state index in [2.05, 4.69) is 41.0 Å². The fourth-order valence-corrected chi connectivity index (χ4v) is 3.88. The number of morpholine rings is 1. The van der Waals surface area contributed by atoms with Crippen LogP contribution in [0.25, 0.3) is 10.9 Å². The smallest absolute Gasteiger partial charge is 0.257 e. The van der Waals surface area contributed by atoms with E-state index in [1.54, 1.807) is 6.20 Å². The number of para-hydroxylation sites is 1. The Labute approximate surface area is 164 Å². The van der Waals surface area contributed by atoms with Gasteiger partial charge in [0.1, 0.15) is 5.82 Å². The lowest BCUT2D eigenvalue weighted by Crippen LogP contribution is -2.45. The van der Waals surface area contributed by atoms with Crippen LogP contribution in [0.2, 0.25) is 0 Å². The Bertz CT molecular complexity index is 999. The molecule has 0 bridgehead atoms. The van der Waals surface area contributed by atoms with Crippen molar-refractivity contribution >= 4 is 28.3 Å². The van der Waals surface area contributed by atoms with Crippen molar-refractivity contribution < 1.29 is 9.53 Å². The number of aryl methyl sites for hydroxylation is 2. The van der Waals surface area contributed by atoms with Crippen LogP contribution in [0.4, 0.5) is 11.5 Å². The number of pyridine rings is 1. The number of ether oxygens (including phenoxy) is 1. The van der Waals surface area contributed by atoms with Crippen LogP contribution in [0.3, 0.4) is 0 Å². The second-order valence-corrected chi connectivity index (χ2v) is 7.62. The zero-order chi connectivity index (χ0) is 19.8. The monoisotopic (exact) mass is 378 g/mol. The van der Waals surface area contributed by atoms with Crippen LogP contribution in [-0.4, -0.2) is 41.2 Å². The maximum atomic E-state index is 12.8. The lowest BCUT2D eigenvalue weighted by molar-refractivity contribution is -0.00545. The molecular weight excluding hydrogens is 352 g/mol. The first-order chi connectivity index (χ1) is 13.4. The molecule has 2 atom stereocenters. The Kier molecular flexibility index (Phi) is 4.81. The van der Waals surface area contributed by atoms with E-state index in [4.69, 9.17) is 4.74 Å². The van der Waals surface area contributed by atoms with Gasteiger partial charge >= 0.3 is 0 Å². The van der Waals surface area contributed by atoms with Crippen molar-refractivity contribution in [3.05, 3.63) is 53.3 Å². The second kappa shape index (κ2) is 7.28. The Morgan fingerprint density at radius 3 is 2.61 bits per heavy atom. The summed E-state index contributed by atoms with van der Waals surface area (Å²) in [6.07, 6.45) is 2.07. The van der Waals surface area contributed by atoms with Crippen molar-refractivity contribution in [1.82, 2.24) is 9.97 Å². The summed E-state index contributed by atoms with van der Waals surface area (Å²) >= 11 is 0. The fourth-order valence-electron chi connectivity index (χ4n) is 3.88. The van der Waals surface area contributed by atoms with Gasteiger partial charge in [-0.1, -0.05) is 12.1 Å². The van der Waals surface area contributed by atoms with Crippen LogP contribution in [-0.2, 0) is 4.74 Å². The first-order valence-corrected chi connectivity index (χ1v) is 9.68. The number of nitrogens with zero attached hydrogens (tertiary/aromatic N) is 2. The van der Waals surface area contributed by atoms with Crippen LogP contribution in [0.1, 0.15) is 35.5 Å². The first kappa shape index (κ1) is 18.5. The number of amides is 1. The van der Waals surface area contributed by atoms with E-state index in [0.29, 0.717) is 11.3 Å². The zero-order valence-electron chi connectivity index (χ0n) is 16.7. The fraction of sp³-hybridized carbons (Fsp3) is 0.364. The summed E-state index contributed by atoms with van der Waals surface area (Å²) < 4.78 is 5.78. The molecule has 3 aromatic rings. The molecule has 6 nitrogen and oxygen atoms in total. The highest BCUT2D eigenvalue weighted by molar-refractivity contribution is 6.12. The number of aromatic amines is 1. The summed E-state index contributed by atoms with van der Waals surface area (Å²) in [6, 6.07) is 9.64. The van der Waals surface area contributed by atoms with Gasteiger partial charge in [-0.05, 0) is 51.5 Å². The Hall–Kier alpha value is -2.86. The summed E-state index contributed by atoms with van der Waals surface area (Å²) in [7, 11) is 0. The van der Waals surface area contributed by atoms with Crippen LogP contribution in [0, 0.1) is 13.8 Å². The summed E-state index contributed by atoms with van der Waals surface area (Å²) in [6.45, 7) is 9.86. The Morgan fingerprint density at radius 1 is 1.18 bits per heavy atom. The minimum Gasteiger partial charge on any atom is -0.372 e. The Morgan fingerprint density at radius 2 is 1.93 bits per heavy atom. The minimum absolute atomic E-state index is 0.144. The largest absolute Gasteiger partial charge is 0.372 e. The van der Waals surface area contributed by atoms with Gasteiger partial charge in [0.05, 0.1) is 35.2 Å². The van der Waals surface area contributed by atoms with Crippen LogP contribution in [0.15, 0.2) is 36.5 Å². The molecule has 0 radical (unpaired) electrons. The van der Waals surface area contributed by atoms with Crippen molar-refractivity contribution in [2.75, 3.05) is 23.3 Å². The van der Waals surface area contributed by atoms with Gasteiger partial charge in [0, 0.05) is 24.2 Å². The number of aromatic nitrogens is 2. The standard InChI is InChI=1S/C22H26N4O2/c1-13-11-26(12-14(2)28-13)20-9-8-17(10-23-20)25-22(27)19-7-5-6-18-15(3)16(4)24-21(18)19/h5-10,13-14,24H,11-12H2,1-4H3,(H,25,27)/t13-,14-/m0/s1. The highest BCUT2D eigenvalue weighted by Gasteiger charge is 2.23. The number of carbonyl (C=O) groups is 1. The van der Waals surface area contributed by atoms with Gasteiger partial charge < -0.3 is 19.9 Å². The van der Waals surface area contributed by atoms with Gasteiger partial charge in [-0.15, -0.1) is 0 Å². The van der Waals surface area contributed by atoms with E-state index in [9.17, 15) is 4.79 Å². The molecule has 4 rings (SSSR count). The third-order valence-corrected chi connectivity index (χ3v) is 5.34. The molecule has 3 heterocycles. The molecule has 1 saturated heterocycles. The molecular formula is C22H26N4O2. The zero-order valence-corrected chi connectivity index (χ0v) is 16.7. The average molecular weight is 378 g/mol. The molecule has 146 valence electrons. The van der Waals surface area contributed by atoms with Gasteiger partial charge in [-0.3, -0.25) is 4.79 Å². The minimum atomic E-state index is -0.144. The number of benzene rings is 1. The molecule has 0 spiro atoms. The van der Waals surface area contributed by atoms with Gasteiger partial charge in [0.2, 0.25) is 0 Å². The maximum absolute atomic E-state index is 12.8. The highest BCUT2D eigenvalue weighted by atomic mass is 16.5. The SMILES string of the molecule is Cc1[nH]c2c(C(=O)Nc3ccc(N4C[C@H](C)O[C@@H](C)C4)nc3)cccc2c1C. The lowest BCUT2D eigenvalue weighted by Gasteiger charge is -2.36. The highest BCUT2D eigenvalue weighted by Crippen LogP contribution is 2.25. The summed E-state index contributed by atoms with van der Waals surface area (Å²) in [4.78, 5) is 22.9. The molecule has 1 amide bonds. The quantitative estimate of drug-likeness (QED) is 0.721. The van der Waals surface area contributed by atoms with Crippen molar-refractivity contribution in [2.24, 2.45) is 0 Å². The first-order valence-electron chi connectivity index (χ1n) is 9.68. The predicted octanol–water partition coefficient (Wildman–Crippen LogP) is 4.05. The van der Waals surface area contributed by atoms with E-state index in [0.717, 1.165) is 35.5 Å². The van der Waals surface area contributed by atoms with Gasteiger partial charge in [0.15, 0.2) is 0 Å². The maximum Gasteiger partial charge on any atom is 0.257 e. The van der Waals surface area contributed by atoms with Crippen LogP contribution in [0.5, 0.6) is 0 Å². The molecule has 1 aliphatic rings. The summed E-state index contributed by atoms with van der Waals surface area (Å²) in [5, 5.41) is 4.04. The molecule has 1 aliphatic heterocycles. The average Bonchev–Trinajstić information content (AvgIpc) is 2.96. The number of H-pyrrole nitrogens is 1. The van der Waals surface area contributed by atoms with Crippen molar-refractivity contribution in [3.8, 4) is 0 Å². The van der Waals surface area contributed by atoms with Crippen molar-refractivity contribution in [3.63, 3.8) is 0 Å². The molecule has 0 aliphatic carbocycles. The van der Waals surface area contributed by atoms with Gasteiger partial charge in [-0.25, -0.2) is 4.98 Å². The van der Waals surface area contributed by atoms with E-state index in [-0.39, 0.29) is 18.1 Å². The van der Waals surface area contributed by atoms with Crippen LogP contribution >= 0.6 is 0 Å². The lowest BCUT2D eigenvalue weighted by atomic mass is 10.1. The third-order valence-electron chi connectivity index (χ3n) is 5.34.